The summed E-state index contributed by atoms with van der Waals surface area (Å²) < 4.78 is 18.7. The molecule has 1 radical (unpaired) electrons. The van der Waals surface area contributed by atoms with Crippen LogP contribution in [0.2, 0.25) is 0 Å². The van der Waals surface area contributed by atoms with Gasteiger partial charge in [-0.1, -0.05) is 30.3 Å². The quantitative estimate of drug-likeness (QED) is 0.735. The summed E-state index contributed by atoms with van der Waals surface area (Å²) in [7, 11) is 0. The van der Waals surface area contributed by atoms with Crippen LogP contribution in [0.25, 0.3) is 0 Å². The van der Waals surface area contributed by atoms with Crippen molar-refractivity contribution in [2.24, 2.45) is 0 Å². The molecule has 0 aliphatic heterocycles. The van der Waals surface area contributed by atoms with Gasteiger partial charge in [0.05, 0.1) is 12.7 Å². The van der Waals surface area contributed by atoms with E-state index >= 15 is 0 Å². The summed E-state index contributed by atoms with van der Waals surface area (Å²) in [6.45, 7) is 0.596. The van der Waals surface area contributed by atoms with Crippen molar-refractivity contribution in [2.75, 3.05) is 0 Å². The molecule has 1 aliphatic rings. The average Bonchev–Trinajstić information content (AvgIpc) is 2.28. The number of benzene rings is 1. The lowest BCUT2D eigenvalue weighted by Crippen LogP contribution is -2.19. The maximum Gasteiger partial charge on any atom is 0.147 e. The molecule has 0 spiro atoms. The molecule has 81 valence electrons. The van der Waals surface area contributed by atoms with Crippen LogP contribution in [0.1, 0.15) is 31.2 Å². The molecule has 0 amide bonds. The van der Waals surface area contributed by atoms with E-state index in [-0.39, 0.29) is 12.3 Å². The lowest BCUT2D eigenvalue weighted by atomic mass is 9.96. The fraction of sp³-hybridized carbons (Fsp3) is 0.462. The Kier molecular flexibility index (Phi) is 3.73. The van der Waals surface area contributed by atoms with Gasteiger partial charge in [0.25, 0.3) is 0 Å². The summed E-state index contributed by atoms with van der Waals surface area (Å²) in [6.07, 6.45) is 3.21. The topological polar surface area (TPSA) is 9.23 Å². The molecule has 0 aromatic heterocycles. The highest BCUT2D eigenvalue weighted by Crippen LogP contribution is 2.29. The molecule has 1 nitrogen and oxygen atoms in total. The molecule has 0 N–H and O–H groups in total. The molecule has 2 heteroatoms. The van der Waals surface area contributed by atoms with E-state index in [9.17, 15) is 4.39 Å². The largest absolute Gasteiger partial charge is 0.373 e. The zero-order valence-electron chi connectivity index (χ0n) is 8.79. The van der Waals surface area contributed by atoms with Gasteiger partial charge in [-0.05, 0) is 24.8 Å². The summed E-state index contributed by atoms with van der Waals surface area (Å²) in [5, 5.41) is 0. The van der Waals surface area contributed by atoms with E-state index in [1.807, 2.05) is 30.3 Å². The number of ether oxygens (including phenoxy) is 1. The SMILES string of the molecule is F[C]1CCCC(OCc2ccccc2)C1. The minimum absolute atomic E-state index is 0.0824. The van der Waals surface area contributed by atoms with E-state index in [4.69, 9.17) is 4.74 Å². The summed E-state index contributed by atoms with van der Waals surface area (Å²) in [5.74, 6) is 0. The van der Waals surface area contributed by atoms with E-state index in [1.54, 1.807) is 0 Å². The van der Waals surface area contributed by atoms with E-state index in [0.29, 0.717) is 19.4 Å². The van der Waals surface area contributed by atoms with Crippen molar-refractivity contribution in [3.05, 3.63) is 42.1 Å². The van der Waals surface area contributed by atoms with Gasteiger partial charge in [0, 0.05) is 6.42 Å². The fourth-order valence-corrected chi connectivity index (χ4v) is 1.90. The minimum Gasteiger partial charge on any atom is -0.373 e. The molecular weight excluding hydrogens is 191 g/mol. The second-order valence-corrected chi connectivity index (χ2v) is 4.03. The highest BCUT2D eigenvalue weighted by Gasteiger charge is 2.22. The van der Waals surface area contributed by atoms with Gasteiger partial charge in [-0.3, -0.25) is 0 Å². The van der Waals surface area contributed by atoms with Crippen LogP contribution in [0.4, 0.5) is 4.39 Å². The smallest absolute Gasteiger partial charge is 0.147 e. The van der Waals surface area contributed by atoms with E-state index < -0.39 is 0 Å². The molecule has 1 saturated carbocycles. The van der Waals surface area contributed by atoms with Crippen molar-refractivity contribution >= 4 is 0 Å². The van der Waals surface area contributed by atoms with Crippen molar-refractivity contribution in [3.63, 3.8) is 0 Å². The molecule has 0 bridgehead atoms. The van der Waals surface area contributed by atoms with Crippen LogP contribution in [0.3, 0.4) is 0 Å². The van der Waals surface area contributed by atoms with Gasteiger partial charge < -0.3 is 4.74 Å². The standard InChI is InChI=1S/C13H16FO/c14-12-7-4-8-13(9-12)15-10-11-5-2-1-3-6-11/h1-3,5-6,13H,4,7-10H2. The Bertz CT molecular complexity index is 286. The zero-order chi connectivity index (χ0) is 10.5. The molecule has 15 heavy (non-hydrogen) atoms. The molecule has 1 fully saturated rings. The van der Waals surface area contributed by atoms with Crippen LogP contribution >= 0.6 is 0 Å². The number of rotatable bonds is 3. The average molecular weight is 207 g/mol. The van der Waals surface area contributed by atoms with E-state index in [1.165, 1.54) is 0 Å². The number of hydrogen-bond acceptors (Lipinski definition) is 1. The Morgan fingerprint density at radius 3 is 2.80 bits per heavy atom. The molecule has 1 unspecified atom stereocenters. The van der Waals surface area contributed by atoms with Crippen molar-refractivity contribution in [3.8, 4) is 0 Å². The van der Waals surface area contributed by atoms with Crippen LogP contribution < -0.4 is 0 Å². The van der Waals surface area contributed by atoms with Gasteiger partial charge in [0.2, 0.25) is 0 Å². The maximum atomic E-state index is 13.0. The van der Waals surface area contributed by atoms with Gasteiger partial charge in [-0.15, -0.1) is 0 Å². The van der Waals surface area contributed by atoms with Gasteiger partial charge in [-0.25, -0.2) is 4.39 Å². The first kappa shape index (κ1) is 10.6. The van der Waals surface area contributed by atoms with Crippen LogP contribution in [0.15, 0.2) is 30.3 Å². The molecule has 1 aromatic carbocycles. The van der Waals surface area contributed by atoms with Gasteiger partial charge in [-0.2, -0.15) is 0 Å². The molecule has 2 rings (SSSR count). The first-order valence-electron chi connectivity index (χ1n) is 5.50. The zero-order valence-corrected chi connectivity index (χ0v) is 8.79. The first-order chi connectivity index (χ1) is 7.34. The third-order valence-electron chi connectivity index (χ3n) is 2.75. The Balaban J connectivity index is 1.78. The third-order valence-corrected chi connectivity index (χ3v) is 2.75. The fourth-order valence-electron chi connectivity index (χ4n) is 1.90. The maximum absolute atomic E-state index is 13.0. The molecular formula is C13H16FO. The Hall–Kier alpha value is -0.890. The van der Waals surface area contributed by atoms with Crippen molar-refractivity contribution in [1.82, 2.24) is 0 Å². The van der Waals surface area contributed by atoms with Crippen LogP contribution in [-0.2, 0) is 11.3 Å². The summed E-state index contributed by atoms with van der Waals surface area (Å²) in [5.41, 5.74) is 1.16. The van der Waals surface area contributed by atoms with E-state index in [0.717, 1.165) is 18.4 Å². The minimum atomic E-state index is 0.0824. The summed E-state index contributed by atoms with van der Waals surface area (Å²) in [4.78, 5) is 0. The first-order valence-corrected chi connectivity index (χ1v) is 5.50. The van der Waals surface area contributed by atoms with Crippen LogP contribution in [-0.4, -0.2) is 6.10 Å². The van der Waals surface area contributed by atoms with Crippen molar-refractivity contribution in [1.29, 1.82) is 0 Å². The van der Waals surface area contributed by atoms with Gasteiger partial charge in [0.1, 0.15) is 6.17 Å². The van der Waals surface area contributed by atoms with E-state index in [2.05, 4.69) is 0 Å². The summed E-state index contributed by atoms with van der Waals surface area (Å²) >= 11 is 0. The second-order valence-electron chi connectivity index (χ2n) is 4.03. The number of hydrogen-bond donors (Lipinski definition) is 0. The van der Waals surface area contributed by atoms with Crippen molar-refractivity contribution < 1.29 is 9.13 Å². The molecule has 1 aliphatic carbocycles. The summed E-state index contributed by atoms with van der Waals surface area (Å²) in [6, 6.07) is 10.0. The lowest BCUT2D eigenvalue weighted by Gasteiger charge is -2.24. The molecule has 0 saturated heterocycles. The lowest BCUT2D eigenvalue weighted by molar-refractivity contribution is 0.0133. The predicted octanol–water partition coefficient (Wildman–Crippen LogP) is 3.65. The predicted molar refractivity (Wildman–Crippen MR) is 57.8 cm³/mol. The molecule has 0 heterocycles. The Morgan fingerprint density at radius 1 is 1.27 bits per heavy atom. The van der Waals surface area contributed by atoms with Crippen molar-refractivity contribution in [2.45, 2.75) is 38.4 Å². The Labute approximate surface area is 90.3 Å². The molecule has 1 atom stereocenters. The monoisotopic (exact) mass is 207 g/mol. The van der Waals surface area contributed by atoms with Crippen LogP contribution in [0, 0.1) is 6.17 Å². The molecule has 1 aromatic rings. The Morgan fingerprint density at radius 2 is 2.07 bits per heavy atom. The number of halogens is 1. The van der Waals surface area contributed by atoms with Gasteiger partial charge >= 0.3 is 0 Å². The van der Waals surface area contributed by atoms with Crippen LogP contribution in [0.5, 0.6) is 0 Å². The van der Waals surface area contributed by atoms with Gasteiger partial charge in [0.15, 0.2) is 0 Å². The highest BCUT2D eigenvalue weighted by molar-refractivity contribution is 5.13. The normalized spacial score (nSPS) is 22.9. The third kappa shape index (κ3) is 3.31. The second kappa shape index (κ2) is 5.26. The highest BCUT2D eigenvalue weighted by atomic mass is 19.1.